The maximum Gasteiger partial charge on any atom is 0.269 e. The monoisotopic (exact) mass is 292 g/mol. The first-order chi connectivity index (χ1) is 9.35. The maximum absolute atomic E-state index is 10.6. The summed E-state index contributed by atoms with van der Waals surface area (Å²) in [5.74, 6) is 1.09. The number of nitrogens with zero attached hydrogens (tertiary/aromatic N) is 2. The number of nitro benzene ring substituents is 1. The summed E-state index contributed by atoms with van der Waals surface area (Å²) in [7, 11) is -1.53. The molecule has 0 atom stereocenters. The molecule has 0 spiro atoms. The Balaban J connectivity index is 2.01. The van der Waals surface area contributed by atoms with E-state index in [1.54, 1.807) is 24.3 Å². The Morgan fingerprint density at radius 3 is 2.35 bits per heavy atom. The fraction of sp³-hybridized carbons (Fsp3) is 0.429. The van der Waals surface area contributed by atoms with Gasteiger partial charge >= 0.3 is 0 Å². The fourth-order valence-electron chi connectivity index (χ4n) is 2.16. The van der Waals surface area contributed by atoms with E-state index in [0.29, 0.717) is 0 Å². The van der Waals surface area contributed by atoms with Crippen LogP contribution in [0.4, 0.5) is 11.4 Å². The number of hydrogen-bond acceptors (Lipinski definition) is 4. The minimum atomic E-state index is -1.53. The highest BCUT2D eigenvalue weighted by atomic mass is 28.4. The third-order valence-corrected chi connectivity index (χ3v) is 3.90. The molecule has 108 valence electrons. The molecular formula is C14H20N2O3Si. The first kappa shape index (κ1) is 14.6. The topological polar surface area (TPSA) is 55.6 Å². The van der Waals surface area contributed by atoms with Crippen LogP contribution in [0.25, 0.3) is 0 Å². The molecule has 0 aliphatic carbocycles. The van der Waals surface area contributed by atoms with Crippen molar-refractivity contribution >= 4 is 19.7 Å². The van der Waals surface area contributed by atoms with Gasteiger partial charge in [0.15, 0.2) is 0 Å². The van der Waals surface area contributed by atoms with Gasteiger partial charge in [0.05, 0.1) is 10.7 Å². The Morgan fingerprint density at radius 1 is 1.25 bits per heavy atom. The molecule has 0 fully saturated rings. The Hall–Kier alpha value is -1.82. The van der Waals surface area contributed by atoms with E-state index < -0.39 is 8.32 Å². The molecule has 0 saturated heterocycles. The van der Waals surface area contributed by atoms with E-state index in [0.717, 1.165) is 31.0 Å². The van der Waals surface area contributed by atoms with Gasteiger partial charge in [-0.05, 0) is 37.8 Å². The van der Waals surface area contributed by atoms with Gasteiger partial charge in [0.2, 0.25) is 8.32 Å². The highest BCUT2D eigenvalue weighted by Crippen LogP contribution is 2.24. The third kappa shape index (κ3) is 3.83. The molecule has 0 saturated carbocycles. The number of anilines is 1. The van der Waals surface area contributed by atoms with Crippen molar-refractivity contribution in [3.8, 4) is 0 Å². The summed E-state index contributed by atoms with van der Waals surface area (Å²) in [6.07, 6.45) is 3.00. The SMILES string of the molecule is C[Si](C)(C)OC1=CCN(c2ccc([N+](=O)[O-])cc2)CC1. The van der Waals surface area contributed by atoms with Crippen LogP contribution in [-0.4, -0.2) is 26.3 Å². The molecule has 0 bridgehead atoms. The molecule has 1 heterocycles. The average molecular weight is 292 g/mol. The summed E-state index contributed by atoms with van der Waals surface area (Å²) in [4.78, 5) is 12.5. The predicted molar refractivity (Wildman–Crippen MR) is 82.4 cm³/mol. The van der Waals surface area contributed by atoms with Crippen LogP contribution < -0.4 is 4.90 Å². The van der Waals surface area contributed by atoms with E-state index >= 15 is 0 Å². The Morgan fingerprint density at radius 2 is 1.90 bits per heavy atom. The Labute approximate surface area is 120 Å². The zero-order valence-electron chi connectivity index (χ0n) is 12.1. The summed E-state index contributed by atoms with van der Waals surface area (Å²) in [5, 5.41) is 10.6. The van der Waals surface area contributed by atoms with Crippen molar-refractivity contribution in [1.82, 2.24) is 0 Å². The second-order valence-electron chi connectivity index (χ2n) is 5.85. The molecular weight excluding hydrogens is 272 g/mol. The van der Waals surface area contributed by atoms with Crippen LogP contribution in [0.1, 0.15) is 6.42 Å². The highest BCUT2D eigenvalue weighted by molar-refractivity contribution is 6.70. The third-order valence-electron chi connectivity index (χ3n) is 3.03. The van der Waals surface area contributed by atoms with E-state index in [1.165, 1.54) is 0 Å². The van der Waals surface area contributed by atoms with Crippen LogP contribution in [-0.2, 0) is 4.43 Å². The number of rotatable bonds is 4. The van der Waals surface area contributed by atoms with Crippen LogP contribution in [0.15, 0.2) is 36.1 Å². The fourth-order valence-corrected chi connectivity index (χ4v) is 3.13. The minimum absolute atomic E-state index is 0.129. The van der Waals surface area contributed by atoms with Gasteiger partial charge in [-0.25, -0.2) is 0 Å². The number of hydrogen-bond donors (Lipinski definition) is 0. The first-order valence-electron chi connectivity index (χ1n) is 6.72. The van der Waals surface area contributed by atoms with Crippen LogP contribution >= 0.6 is 0 Å². The van der Waals surface area contributed by atoms with Crippen LogP contribution in [0.2, 0.25) is 19.6 Å². The van der Waals surface area contributed by atoms with Crippen molar-refractivity contribution in [3.63, 3.8) is 0 Å². The Bertz CT molecular complexity index is 520. The van der Waals surface area contributed by atoms with Gasteiger partial charge in [-0.3, -0.25) is 10.1 Å². The molecule has 1 aromatic rings. The van der Waals surface area contributed by atoms with Crippen molar-refractivity contribution in [2.75, 3.05) is 18.0 Å². The summed E-state index contributed by atoms with van der Waals surface area (Å²) in [5.41, 5.74) is 1.14. The van der Waals surface area contributed by atoms with Crippen LogP contribution in [0, 0.1) is 10.1 Å². The van der Waals surface area contributed by atoms with Gasteiger partial charge in [-0.2, -0.15) is 0 Å². The lowest BCUT2D eigenvalue weighted by atomic mass is 10.2. The lowest BCUT2D eigenvalue weighted by Crippen LogP contribution is -2.32. The second kappa shape index (κ2) is 5.66. The zero-order valence-corrected chi connectivity index (χ0v) is 13.1. The molecule has 2 rings (SSSR count). The lowest BCUT2D eigenvalue weighted by molar-refractivity contribution is -0.384. The maximum atomic E-state index is 10.6. The quantitative estimate of drug-likeness (QED) is 0.484. The van der Waals surface area contributed by atoms with Gasteiger partial charge in [0.1, 0.15) is 0 Å². The van der Waals surface area contributed by atoms with E-state index in [1.807, 2.05) is 0 Å². The van der Waals surface area contributed by atoms with Crippen molar-refractivity contribution in [2.45, 2.75) is 26.1 Å². The summed E-state index contributed by atoms with van der Waals surface area (Å²) < 4.78 is 6.00. The normalized spacial score (nSPS) is 15.8. The van der Waals surface area contributed by atoms with Crippen molar-refractivity contribution in [2.24, 2.45) is 0 Å². The molecule has 0 radical (unpaired) electrons. The Kier molecular flexibility index (Phi) is 4.13. The van der Waals surface area contributed by atoms with E-state index in [2.05, 4.69) is 30.6 Å². The standard InChI is InChI=1S/C14H20N2O3Si/c1-20(2,3)19-14-8-10-15(11-9-14)12-4-6-13(7-5-12)16(17)18/h4-8H,9-11H2,1-3H3. The molecule has 6 heteroatoms. The first-order valence-corrected chi connectivity index (χ1v) is 10.1. The zero-order chi connectivity index (χ0) is 14.8. The van der Waals surface area contributed by atoms with Crippen LogP contribution in [0.5, 0.6) is 0 Å². The number of non-ortho nitro benzene ring substituents is 1. The molecule has 1 aliphatic heterocycles. The lowest BCUT2D eigenvalue weighted by Gasteiger charge is -2.31. The molecule has 20 heavy (non-hydrogen) atoms. The average Bonchev–Trinajstić information content (AvgIpc) is 2.38. The van der Waals surface area contributed by atoms with Gasteiger partial charge in [0, 0.05) is 37.3 Å². The van der Waals surface area contributed by atoms with Crippen molar-refractivity contribution in [3.05, 3.63) is 46.2 Å². The largest absolute Gasteiger partial charge is 0.547 e. The number of nitro groups is 1. The highest BCUT2D eigenvalue weighted by Gasteiger charge is 2.20. The summed E-state index contributed by atoms with van der Waals surface area (Å²) in [6, 6.07) is 6.70. The molecule has 1 aliphatic rings. The van der Waals surface area contributed by atoms with Crippen molar-refractivity contribution in [1.29, 1.82) is 0 Å². The molecule has 0 amide bonds. The smallest absolute Gasteiger partial charge is 0.269 e. The summed E-state index contributed by atoms with van der Waals surface area (Å²) >= 11 is 0. The molecule has 0 unspecified atom stereocenters. The summed E-state index contributed by atoms with van der Waals surface area (Å²) in [6.45, 7) is 8.20. The second-order valence-corrected chi connectivity index (χ2v) is 10.3. The van der Waals surface area contributed by atoms with Gasteiger partial charge in [-0.1, -0.05) is 0 Å². The molecule has 5 nitrogen and oxygen atoms in total. The molecule has 0 N–H and O–H groups in total. The number of benzene rings is 1. The van der Waals surface area contributed by atoms with Gasteiger partial charge in [-0.15, -0.1) is 0 Å². The van der Waals surface area contributed by atoms with Crippen LogP contribution in [0.3, 0.4) is 0 Å². The van der Waals surface area contributed by atoms with E-state index in [9.17, 15) is 10.1 Å². The molecule has 0 aromatic heterocycles. The minimum Gasteiger partial charge on any atom is -0.547 e. The van der Waals surface area contributed by atoms with E-state index in [-0.39, 0.29) is 10.6 Å². The van der Waals surface area contributed by atoms with Gasteiger partial charge in [0.25, 0.3) is 5.69 Å². The van der Waals surface area contributed by atoms with Crippen molar-refractivity contribution < 1.29 is 9.35 Å². The van der Waals surface area contributed by atoms with Gasteiger partial charge < -0.3 is 9.33 Å². The predicted octanol–water partition coefficient (Wildman–Crippen LogP) is 3.54. The van der Waals surface area contributed by atoms with E-state index in [4.69, 9.17) is 4.43 Å². The molecule has 1 aromatic carbocycles.